The largest absolute Gasteiger partial charge is 0.503 e. The Labute approximate surface area is 194 Å². The van der Waals surface area contributed by atoms with Crippen molar-refractivity contribution in [3.05, 3.63) is 104 Å². The summed E-state index contributed by atoms with van der Waals surface area (Å²) in [7, 11) is 0. The first-order chi connectivity index (χ1) is 15.4. The minimum absolute atomic E-state index is 0.0354. The maximum absolute atomic E-state index is 14.8. The standard InChI is InChI=1S/C24H15BrFNO4S/c25-14-7-8-18-13(10-14)11-19(31-18)22(28)20-21(16-5-1-2-6-17(16)26)27(24(30)23(20)29)12-15-4-3-9-32-15/h1-11,21,29H,12H2. The number of thiophene rings is 1. The highest BCUT2D eigenvalue weighted by molar-refractivity contribution is 9.10. The van der Waals surface area contributed by atoms with Crippen LogP contribution in [0.25, 0.3) is 11.0 Å². The molecule has 8 heteroatoms. The van der Waals surface area contributed by atoms with Gasteiger partial charge in [-0.05, 0) is 41.8 Å². The van der Waals surface area contributed by atoms with Crippen LogP contribution in [0.3, 0.4) is 0 Å². The number of aliphatic hydroxyl groups is 1. The first-order valence-corrected chi connectivity index (χ1v) is 11.4. The van der Waals surface area contributed by atoms with Gasteiger partial charge in [-0.25, -0.2) is 4.39 Å². The number of Topliss-reactive ketones (excluding diaryl/α,β-unsaturated/α-hetero) is 1. The van der Waals surface area contributed by atoms with Crippen molar-refractivity contribution in [3.8, 4) is 0 Å². The molecule has 5 rings (SSSR count). The molecule has 2 aromatic heterocycles. The van der Waals surface area contributed by atoms with Crippen LogP contribution < -0.4 is 0 Å². The molecular weight excluding hydrogens is 497 g/mol. The zero-order chi connectivity index (χ0) is 22.4. The number of fused-ring (bicyclic) bond motifs is 1. The lowest BCUT2D eigenvalue weighted by Crippen LogP contribution is -2.31. The van der Waals surface area contributed by atoms with E-state index in [4.69, 9.17) is 4.42 Å². The van der Waals surface area contributed by atoms with E-state index in [0.717, 1.165) is 9.35 Å². The Balaban J connectivity index is 1.62. The summed E-state index contributed by atoms with van der Waals surface area (Å²) >= 11 is 4.81. The van der Waals surface area contributed by atoms with Crippen molar-refractivity contribution >= 4 is 49.9 Å². The van der Waals surface area contributed by atoms with Crippen molar-refractivity contribution in [2.45, 2.75) is 12.6 Å². The van der Waals surface area contributed by atoms with E-state index in [9.17, 15) is 19.1 Å². The SMILES string of the molecule is O=C(C1=C(O)C(=O)N(Cc2cccs2)C1c1ccccc1F)c1cc2cc(Br)ccc2o1. The van der Waals surface area contributed by atoms with E-state index < -0.39 is 29.3 Å². The zero-order valence-electron chi connectivity index (χ0n) is 16.4. The lowest BCUT2D eigenvalue weighted by molar-refractivity contribution is -0.130. The second kappa shape index (κ2) is 8.03. The number of amides is 1. The predicted octanol–water partition coefficient (Wildman–Crippen LogP) is 6.17. The van der Waals surface area contributed by atoms with E-state index in [1.165, 1.54) is 34.4 Å². The Kier molecular flexibility index (Phi) is 5.19. The molecule has 1 amide bonds. The Morgan fingerprint density at radius 2 is 1.97 bits per heavy atom. The number of halogens is 2. The number of ketones is 1. The number of aliphatic hydroxyl groups excluding tert-OH is 1. The summed E-state index contributed by atoms with van der Waals surface area (Å²) in [6.07, 6.45) is 0. The van der Waals surface area contributed by atoms with Crippen molar-refractivity contribution in [2.75, 3.05) is 0 Å². The molecule has 1 N–H and O–H groups in total. The van der Waals surface area contributed by atoms with Crippen molar-refractivity contribution in [2.24, 2.45) is 0 Å². The highest BCUT2D eigenvalue weighted by Crippen LogP contribution is 2.41. The van der Waals surface area contributed by atoms with Gasteiger partial charge in [0.2, 0.25) is 5.78 Å². The van der Waals surface area contributed by atoms with Crippen LogP contribution >= 0.6 is 27.3 Å². The molecular formula is C24H15BrFNO4S. The highest BCUT2D eigenvalue weighted by atomic mass is 79.9. The summed E-state index contributed by atoms with van der Waals surface area (Å²) in [6, 6.07) is 15.4. The molecule has 160 valence electrons. The summed E-state index contributed by atoms with van der Waals surface area (Å²) < 4.78 is 21.3. The third-order valence-electron chi connectivity index (χ3n) is 5.36. The smallest absolute Gasteiger partial charge is 0.290 e. The molecule has 0 fully saturated rings. The molecule has 0 saturated carbocycles. The maximum Gasteiger partial charge on any atom is 0.290 e. The fraction of sp³-hybridized carbons (Fsp3) is 0.0833. The van der Waals surface area contributed by atoms with Crippen LogP contribution in [0, 0.1) is 5.82 Å². The van der Waals surface area contributed by atoms with Gasteiger partial charge in [0.15, 0.2) is 11.5 Å². The summed E-state index contributed by atoms with van der Waals surface area (Å²) in [5.41, 5.74) is 0.414. The number of benzene rings is 2. The summed E-state index contributed by atoms with van der Waals surface area (Å²) in [4.78, 5) is 28.6. The molecule has 1 aliphatic heterocycles. The fourth-order valence-corrected chi connectivity index (χ4v) is 4.98. The highest BCUT2D eigenvalue weighted by Gasteiger charge is 2.45. The van der Waals surface area contributed by atoms with E-state index in [1.54, 1.807) is 30.3 Å². The normalized spacial score (nSPS) is 16.4. The third kappa shape index (κ3) is 3.45. The zero-order valence-corrected chi connectivity index (χ0v) is 18.8. The lowest BCUT2D eigenvalue weighted by Gasteiger charge is -2.26. The molecule has 0 spiro atoms. The quantitative estimate of drug-likeness (QED) is 0.325. The number of rotatable bonds is 5. The third-order valence-corrected chi connectivity index (χ3v) is 6.71. The van der Waals surface area contributed by atoms with Crippen LogP contribution in [0.1, 0.15) is 27.0 Å². The van der Waals surface area contributed by atoms with E-state index >= 15 is 0 Å². The number of hydrogen-bond acceptors (Lipinski definition) is 5. The van der Waals surface area contributed by atoms with Gasteiger partial charge in [-0.3, -0.25) is 9.59 Å². The van der Waals surface area contributed by atoms with Gasteiger partial charge >= 0.3 is 0 Å². The molecule has 1 aliphatic rings. The minimum Gasteiger partial charge on any atom is -0.503 e. The number of nitrogens with zero attached hydrogens (tertiary/aromatic N) is 1. The van der Waals surface area contributed by atoms with Crippen LogP contribution in [0.4, 0.5) is 4.39 Å². The monoisotopic (exact) mass is 511 g/mol. The summed E-state index contributed by atoms with van der Waals surface area (Å²) in [6.45, 7) is 0.128. The fourth-order valence-electron chi connectivity index (χ4n) is 3.90. The van der Waals surface area contributed by atoms with Gasteiger partial charge in [0.25, 0.3) is 5.91 Å². The topological polar surface area (TPSA) is 70.8 Å². The van der Waals surface area contributed by atoms with E-state index in [0.29, 0.717) is 11.0 Å². The first kappa shape index (κ1) is 20.7. The molecule has 0 radical (unpaired) electrons. The Morgan fingerprint density at radius 3 is 2.72 bits per heavy atom. The molecule has 1 atom stereocenters. The van der Waals surface area contributed by atoms with E-state index in [1.807, 2.05) is 17.5 Å². The van der Waals surface area contributed by atoms with Crippen molar-refractivity contribution in [1.29, 1.82) is 0 Å². The summed E-state index contributed by atoms with van der Waals surface area (Å²) in [5.74, 6) is -2.69. The van der Waals surface area contributed by atoms with E-state index in [-0.39, 0.29) is 23.4 Å². The van der Waals surface area contributed by atoms with Crippen LogP contribution in [0.2, 0.25) is 0 Å². The van der Waals surface area contributed by atoms with Crippen LogP contribution in [0.15, 0.2) is 86.3 Å². The van der Waals surface area contributed by atoms with Gasteiger partial charge in [0.05, 0.1) is 18.2 Å². The van der Waals surface area contributed by atoms with Gasteiger partial charge in [-0.15, -0.1) is 11.3 Å². The summed E-state index contributed by atoms with van der Waals surface area (Å²) in [5, 5.41) is 13.3. The van der Waals surface area contributed by atoms with Crippen LogP contribution in [-0.2, 0) is 11.3 Å². The second-order valence-electron chi connectivity index (χ2n) is 7.32. The van der Waals surface area contributed by atoms with Gasteiger partial charge in [0, 0.05) is 20.3 Å². The lowest BCUT2D eigenvalue weighted by atomic mass is 9.94. The van der Waals surface area contributed by atoms with Crippen LogP contribution in [0.5, 0.6) is 0 Å². The van der Waals surface area contributed by atoms with E-state index in [2.05, 4.69) is 15.9 Å². The number of furan rings is 1. The van der Waals surface area contributed by atoms with Gasteiger partial charge < -0.3 is 14.4 Å². The molecule has 1 unspecified atom stereocenters. The van der Waals surface area contributed by atoms with Crippen molar-refractivity contribution < 1.29 is 23.5 Å². The average Bonchev–Trinajstić information content (AvgIpc) is 3.49. The molecule has 5 nitrogen and oxygen atoms in total. The van der Waals surface area contributed by atoms with Gasteiger partial charge in [0.1, 0.15) is 11.4 Å². The molecule has 32 heavy (non-hydrogen) atoms. The van der Waals surface area contributed by atoms with Gasteiger partial charge in [-0.2, -0.15) is 0 Å². The average molecular weight is 512 g/mol. The van der Waals surface area contributed by atoms with Crippen molar-refractivity contribution in [1.82, 2.24) is 4.90 Å². The molecule has 0 bridgehead atoms. The Hall–Kier alpha value is -3.23. The molecule has 0 saturated heterocycles. The molecule has 0 aliphatic carbocycles. The number of carbonyl (C=O) groups is 2. The van der Waals surface area contributed by atoms with Gasteiger partial charge in [-0.1, -0.05) is 40.2 Å². The second-order valence-corrected chi connectivity index (χ2v) is 9.27. The maximum atomic E-state index is 14.8. The Bertz CT molecular complexity index is 1390. The molecule has 3 heterocycles. The van der Waals surface area contributed by atoms with Crippen LogP contribution in [-0.4, -0.2) is 21.7 Å². The predicted molar refractivity (Wildman–Crippen MR) is 122 cm³/mol. The molecule has 4 aromatic rings. The minimum atomic E-state index is -1.08. The Morgan fingerprint density at radius 1 is 1.16 bits per heavy atom. The molecule has 2 aromatic carbocycles. The first-order valence-electron chi connectivity index (χ1n) is 9.68. The number of hydrogen-bond donors (Lipinski definition) is 1. The number of carbonyl (C=O) groups excluding carboxylic acids is 2. The van der Waals surface area contributed by atoms with Crippen molar-refractivity contribution in [3.63, 3.8) is 0 Å².